The smallest absolute Gasteiger partial charge is 0.243 e. The molecule has 0 unspecified atom stereocenters. The van der Waals surface area contributed by atoms with E-state index in [1.807, 2.05) is 49.6 Å². The Kier molecular flexibility index (Phi) is 4.54. The predicted octanol–water partition coefficient (Wildman–Crippen LogP) is 3.45. The zero-order valence-electron chi connectivity index (χ0n) is 14.9. The molecule has 3 aromatic rings. The van der Waals surface area contributed by atoms with E-state index in [2.05, 4.69) is 9.55 Å². The van der Waals surface area contributed by atoms with Gasteiger partial charge in [-0.05, 0) is 48.6 Å². The summed E-state index contributed by atoms with van der Waals surface area (Å²) in [7, 11) is -3.43. The van der Waals surface area contributed by atoms with Crippen molar-refractivity contribution in [2.24, 2.45) is 5.92 Å². The largest absolute Gasteiger partial charge is 0.335 e. The van der Waals surface area contributed by atoms with Crippen molar-refractivity contribution in [1.82, 2.24) is 13.9 Å². The van der Waals surface area contributed by atoms with Gasteiger partial charge in [0.1, 0.15) is 5.82 Å². The average molecular weight is 369 g/mol. The van der Waals surface area contributed by atoms with E-state index >= 15 is 0 Å². The lowest BCUT2D eigenvalue weighted by atomic mass is 9.98. The second-order valence-corrected chi connectivity index (χ2v) is 8.92. The fourth-order valence-electron chi connectivity index (χ4n) is 3.68. The number of imidazole rings is 1. The zero-order valence-corrected chi connectivity index (χ0v) is 15.7. The van der Waals surface area contributed by atoms with Crippen LogP contribution in [0.2, 0.25) is 0 Å². The van der Waals surface area contributed by atoms with Gasteiger partial charge in [0.25, 0.3) is 0 Å². The first-order chi connectivity index (χ1) is 12.5. The Labute approximate surface area is 154 Å². The van der Waals surface area contributed by atoms with Gasteiger partial charge in [0.15, 0.2) is 0 Å². The number of aryl methyl sites for hydroxylation is 1. The number of nitrogens with zero attached hydrogens (tertiary/aromatic N) is 3. The van der Waals surface area contributed by atoms with Crippen LogP contribution in [0.15, 0.2) is 59.8 Å². The molecule has 2 heterocycles. The lowest BCUT2D eigenvalue weighted by Crippen LogP contribution is -2.39. The van der Waals surface area contributed by atoms with Crippen molar-refractivity contribution >= 4 is 20.8 Å². The molecule has 0 radical (unpaired) electrons. The maximum atomic E-state index is 13.0. The number of hydrogen-bond donors (Lipinski definition) is 0. The summed E-state index contributed by atoms with van der Waals surface area (Å²) in [5, 5.41) is 2.01. The van der Waals surface area contributed by atoms with E-state index in [1.165, 1.54) is 0 Å². The highest BCUT2D eigenvalue weighted by atomic mass is 32.2. The van der Waals surface area contributed by atoms with Crippen molar-refractivity contribution in [3.63, 3.8) is 0 Å². The van der Waals surface area contributed by atoms with Crippen LogP contribution in [0.25, 0.3) is 10.8 Å². The molecule has 0 atom stereocenters. The molecular formula is C20H23N3O2S. The monoisotopic (exact) mass is 369 g/mol. The highest BCUT2D eigenvalue weighted by molar-refractivity contribution is 7.89. The molecule has 1 fully saturated rings. The maximum absolute atomic E-state index is 13.0. The molecule has 1 saturated heterocycles. The molecule has 26 heavy (non-hydrogen) atoms. The fraction of sp³-hybridized carbons (Fsp3) is 0.350. The van der Waals surface area contributed by atoms with Crippen LogP contribution in [0.3, 0.4) is 0 Å². The lowest BCUT2D eigenvalue weighted by molar-refractivity contribution is 0.252. The minimum atomic E-state index is -3.43. The molecule has 1 aliphatic rings. The van der Waals surface area contributed by atoms with Crippen molar-refractivity contribution in [3.05, 3.63) is 60.7 Å². The van der Waals surface area contributed by atoms with Crippen molar-refractivity contribution < 1.29 is 8.42 Å². The van der Waals surface area contributed by atoms with E-state index in [9.17, 15) is 8.42 Å². The van der Waals surface area contributed by atoms with Gasteiger partial charge >= 0.3 is 0 Å². The second kappa shape index (κ2) is 6.85. The summed E-state index contributed by atoms with van der Waals surface area (Å²) in [5.41, 5.74) is 0. The number of sulfonamides is 1. The minimum absolute atomic E-state index is 0.389. The Morgan fingerprint density at radius 3 is 2.50 bits per heavy atom. The first-order valence-corrected chi connectivity index (χ1v) is 10.4. The second-order valence-electron chi connectivity index (χ2n) is 6.98. The number of hydrogen-bond acceptors (Lipinski definition) is 3. The molecular weight excluding hydrogens is 346 g/mol. The summed E-state index contributed by atoms with van der Waals surface area (Å²) in [6.07, 6.45) is 5.57. The number of benzene rings is 2. The Morgan fingerprint density at radius 2 is 1.81 bits per heavy atom. The van der Waals surface area contributed by atoms with E-state index in [0.717, 1.165) is 36.0 Å². The molecule has 4 rings (SSSR count). The third kappa shape index (κ3) is 3.27. The highest BCUT2D eigenvalue weighted by Gasteiger charge is 2.29. The Bertz CT molecular complexity index is 1020. The zero-order chi connectivity index (χ0) is 18.1. The third-order valence-corrected chi connectivity index (χ3v) is 7.21. The number of aromatic nitrogens is 2. The Hall–Kier alpha value is -2.18. The molecule has 1 aromatic heterocycles. The van der Waals surface area contributed by atoms with E-state index < -0.39 is 10.0 Å². The number of rotatable bonds is 4. The normalized spacial score (nSPS) is 17.0. The highest BCUT2D eigenvalue weighted by Crippen LogP contribution is 2.27. The van der Waals surface area contributed by atoms with Crippen molar-refractivity contribution in [2.45, 2.75) is 31.2 Å². The van der Waals surface area contributed by atoms with Gasteiger partial charge in [0.2, 0.25) is 10.0 Å². The molecule has 0 amide bonds. The fourth-order valence-corrected chi connectivity index (χ4v) is 5.19. The molecule has 0 N–H and O–H groups in total. The van der Waals surface area contributed by atoms with Gasteiger partial charge in [-0.25, -0.2) is 13.4 Å². The van der Waals surface area contributed by atoms with Crippen LogP contribution in [-0.4, -0.2) is 35.4 Å². The molecule has 0 spiro atoms. The standard InChI is InChI=1S/C20H23N3O2S/c1-16-21-10-13-22(16)15-17-8-11-23(12-9-17)26(24,25)20-7-6-18-4-2-3-5-19(18)14-20/h2-7,10,13-14,17H,8-9,11-12,15H2,1H3. The van der Waals surface area contributed by atoms with Crippen LogP contribution in [-0.2, 0) is 16.6 Å². The lowest BCUT2D eigenvalue weighted by Gasteiger charge is -2.31. The van der Waals surface area contributed by atoms with Crippen molar-refractivity contribution in [3.8, 4) is 0 Å². The Balaban J connectivity index is 1.48. The van der Waals surface area contributed by atoms with Gasteiger partial charge in [0.05, 0.1) is 4.90 Å². The summed E-state index contributed by atoms with van der Waals surface area (Å²) in [6.45, 7) is 4.07. The van der Waals surface area contributed by atoms with Gasteiger partial charge in [-0.2, -0.15) is 4.31 Å². The third-order valence-electron chi connectivity index (χ3n) is 5.31. The minimum Gasteiger partial charge on any atom is -0.335 e. The first-order valence-electron chi connectivity index (χ1n) is 9.01. The van der Waals surface area contributed by atoms with Crippen LogP contribution >= 0.6 is 0 Å². The number of fused-ring (bicyclic) bond motifs is 1. The first kappa shape index (κ1) is 17.2. The SMILES string of the molecule is Cc1nccn1CC1CCN(S(=O)(=O)c2ccc3ccccc3c2)CC1. The van der Waals surface area contributed by atoms with Gasteiger partial charge in [0, 0.05) is 32.0 Å². The van der Waals surface area contributed by atoms with Crippen LogP contribution in [0.1, 0.15) is 18.7 Å². The molecule has 2 aromatic carbocycles. The summed E-state index contributed by atoms with van der Waals surface area (Å²) in [6, 6.07) is 13.2. The van der Waals surface area contributed by atoms with E-state index in [0.29, 0.717) is 23.9 Å². The summed E-state index contributed by atoms with van der Waals surface area (Å²) in [5.74, 6) is 1.50. The molecule has 1 aliphatic heterocycles. The van der Waals surface area contributed by atoms with Crippen LogP contribution in [0.4, 0.5) is 0 Å². The topological polar surface area (TPSA) is 55.2 Å². The molecule has 6 heteroatoms. The van der Waals surface area contributed by atoms with E-state index in [1.54, 1.807) is 16.4 Å². The summed E-state index contributed by atoms with van der Waals surface area (Å²) >= 11 is 0. The van der Waals surface area contributed by atoms with Crippen molar-refractivity contribution in [1.29, 1.82) is 0 Å². The quantitative estimate of drug-likeness (QED) is 0.708. The summed E-state index contributed by atoms with van der Waals surface area (Å²) in [4.78, 5) is 4.65. The molecule has 0 aliphatic carbocycles. The molecule has 0 bridgehead atoms. The number of piperidine rings is 1. The molecule has 136 valence electrons. The maximum Gasteiger partial charge on any atom is 0.243 e. The average Bonchev–Trinajstić information content (AvgIpc) is 3.06. The molecule has 0 saturated carbocycles. The van der Waals surface area contributed by atoms with E-state index in [-0.39, 0.29) is 0 Å². The van der Waals surface area contributed by atoms with Gasteiger partial charge in [-0.3, -0.25) is 0 Å². The molecule has 5 nitrogen and oxygen atoms in total. The van der Waals surface area contributed by atoms with Crippen LogP contribution in [0.5, 0.6) is 0 Å². The van der Waals surface area contributed by atoms with E-state index in [4.69, 9.17) is 0 Å². The Morgan fingerprint density at radius 1 is 1.08 bits per heavy atom. The van der Waals surface area contributed by atoms with Gasteiger partial charge in [-0.15, -0.1) is 0 Å². The van der Waals surface area contributed by atoms with Gasteiger partial charge < -0.3 is 4.57 Å². The summed E-state index contributed by atoms with van der Waals surface area (Å²) < 4.78 is 29.8. The van der Waals surface area contributed by atoms with Gasteiger partial charge in [-0.1, -0.05) is 30.3 Å². The van der Waals surface area contributed by atoms with Crippen molar-refractivity contribution in [2.75, 3.05) is 13.1 Å². The van der Waals surface area contributed by atoms with Crippen LogP contribution < -0.4 is 0 Å². The predicted molar refractivity (Wildman–Crippen MR) is 102 cm³/mol. The van der Waals surface area contributed by atoms with Crippen LogP contribution in [0, 0.1) is 12.8 Å².